The molecular weight excluding hydrogens is 482 g/mol. The van der Waals surface area contributed by atoms with Crippen LogP contribution >= 0.6 is 11.8 Å². The van der Waals surface area contributed by atoms with Gasteiger partial charge in [0.25, 0.3) is 5.89 Å². The maximum atomic E-state index is 14.7. The second-order valence-corrected chi connectivity index (χ2v) is 10.0. The summed E-state index contributed by atoms with van der Waals surface area (Å²) in [5, 5.41) is 11.4. The van der Waals surface area contributed by atoms with Crippen LogP contribution in [0, 0.1) is 5.82 Å². The summed E-state index contributed by atoms with van der Waals surface area (Å²) in [4.78, 5) is 9.77. The van der Waals surface area contributed by atoms with Gasteiger partial charge in [0, 0.05) is 28.8 Å². The first-order valence-electron chi connectivity index (χ1n) is 11.5. The summed E-state index contributed by atoms with van der Waals surface area (Å²) in [6, 6.07) is 12.6. The topological polar surface area (TPSA) is 102 Å². The fourth-order valence-corrected chi connectivity index (χ4v) is 4.00. The minimum absolute atomic E-state index is 0.0511. The fraction of sp³-hybridized carbons (Fsp3) is 0.308. The van der Waals surface area contributed by atoms with Gasteiger partial charge in [0.15, 0.2) is 0 Å². The van der Waals surface area contributed by atoms with Crippen molar-refractivity contribution in [3.05, 3.63) is 77.7 Å². The van der Waals surface area contributed by atoms with Crippen LogP contribution in [0.3, 0.4) is 0 Å². The fourth-order valence-electron chi connectivity index (χ4n) is 3.16. The number of hydrogen-bond acceptors (Lipinski definition) is 8. The monoisotopic (exact) mass is 512 g/mol. The number of aliphatic imine (C=N–C) groups is 2. The van der Waals surface area contributed by atoms with Crippen LogP contribution in [0.1, 0.15) is 37.8 Å². The molecule has 0 aliphatic heterocycles. The molecule has 0 amide bonds. The quantitative estimate of drug-likeness (QED) is 0.252. The zero-order valence-corrected chi connectivity index (χ0v) is 21.4. The highest BCUT2D eigenvalue weighted by molar-refractivity contribution is 7.99. The Morgan fingerprint density at radius 1 is 1.19 bits per heavy atom. The standard InChI is InChI=1S/C26H30F2N6OS/c1-16(2)36-21-8-6-20(7-9-21)24(14-31-18(4)29)32-15-25-33-34-26(35-25)22-10-5-19(11-23(22)28)13-30-12-17(3)27/h5-11,14,16-17,30H,4,12-13,15,29H2,1-3H3/b31-14-,32-24+. The number of alkyl halides is 1. The predicted molar refractivity (Wildman–Crippen MR) is 141 cm³/mol. The Morgan fingerprint density at radius 3 is 2.58 bits per heavy atom. The lowest BCUT2D eigenvalue weighted by Crippen LogP contribution is -2.21. The Morgan fingerprint density at radius 2 is 1.94 bits per heavy atom. The van der Waals surface area contributed by atoms with Crippen molar-refractivity contribution in [2.24, 2.45) is 15.7 Å². The molecule has 36 heavy (non-hydrogen) atoms. The normalized spacial score (nSPS) is 13.0. The van der Waals surface area contributed by atoms with Crippen LogP contribution in [-0.2, 0) is 13.1 Å². The number of hydrogen-bond donors (Lipinski definition) is 2. The third-order valence-electron chi connectivity index (χ3n) is 4.74. The number of nitrogens with one attached hydrogen (secondary N) is 1. The minimum Gasteiger partial charge on any atom is -0.419 e. The predicted octanol–water partition coefficient (Wildman–Crippen LogP) is 5.31. The van der Waals surface area contributed by atoms with Crippen molar-refractivity contribution in [2.45, 2.75) is 50.2 Å². The first-order chi connectivity index (χ1) is 17.2. The third-order valence-corrected chi connectivity index (χ3v) is 5.76. The molecule has 0 aliphatic carbocycles. The Bertz CT molecular complexity index is 1220. The third kappa shape index (κ3) is 8.39. The lowest BCUT2D eigenvalue weighted by Gasteiger charge is -2.07. The summed E-state index contributed by atoms with van der Waals surface area (Å²) in [5.74, 6) is -0.0789. The zero-order chi connectivity index (χ0) is 26.1. The largest absolute Gasteiger partial charge is 0.419 e. The van der Waals surface area contributed by atoms with Crippen molar-refractivity contribution < 1.29 is 13.2 Å². The van der Waals surface area contributed by atoms with E-state index in [-0.39, 0.29) is 36.3 Å². The molecule has 10 heteroatoms. The van der Waals surface area contributed by atoms with E-state index in [1.807, 2.05) is 24.3 Å². The summed E-state index contributed by atoms with van der Waals surface area (Å²) in [7, 11) is 0. The molecule has 1 heterocycles. The van der Waals surface area contributed by atoms with E-state index in [2.05, 4.69) is 45.9 Å². The summed E-state index contributed by atoms with van der Waals surface area (Å²) < 4.78 is 33.2. The van der Waals surface area contributed by atoms with Crippen molar-refractivity contribution in [1.82, 2.24) is 15.5 Å². The van der Waals surface area contributed by atoms with E-state index >= 15 is 0 Å². The van der Waals surface area contributed by atoms with Crippen LogP contribution in [0.2, 0.25) is 0 Å². The van der Waals surface area contributed by atoms with Crippen molar-refractivity contribution in [3.63, 3.8) is 0 Å². The average molecular weight is 513 g/mol. The summed E-state index contributed by atoms with van der Waals surface area (Å²) in [6.07, 6.45) is 0.554. The molecule has 0 radical (unpaired) electrons. The molecule has 0 spiro atoms. The van der Waals surface area contributed by atoms with Gasteiger partial charge in [-0.2, -0.15) is 0 Å². The average Bonchev–Trinajstić information content (AvgIpc) is 3.28. The Kier molecular flexibility index (Phi) is 9.89. The summed E-state index contributed by atoms with van der Waals surface area (Å²) >= 11 is 1.76. The van der Waals surface area contributed by atoms with Crippen LogP contribution in [0.15, 0.2) is 74.2 Å². The van der Waals surface area contributed by atoms with Crippen molar-refractivity contribution in [2.75, 3.05) is 6.54 Å². The summed E-state index contributed by atoms with van der Waals surface area (Å²) in [5.41, 5.74) is 7.86. The molecule has 3 aromatic rings. The van der Waals surface area contributed by atoms with E-state index in [0.29, 0.717) is 23.1 Å². The minimum atomic E-state index is -0.974. The number of nitrogens with zero attached hydrogens (tertiary/aromatic N) is 4. The molecule has 0 saturated heterocycles. The van der Waals surface area contributed by atoms with Crippen LogP contribution in [0.25, 0.3) is 11.5 Å². The van der Waals surface area contributed by atoms with E-state index in [1.54, 1.807) is 23.9 Å². The molecule has 1 unspecified atom stereocenters. The van der Waals surface area contributed by atoms with Crippen LogP contribution in [-0.4, -0.2) is 40.1 Å². The first-order valence-corrected chi connectivity index (χ1v) is 12.3. The molecule has 7 nitrogen and oxygen atoms in total. The number of nitrogens with two attached hydrogens (primary N) is 1. The Labute approximate surface area is 214 Å². The number of halogens is 2. The van der Waals surface area contributed by atoms with E-state index < -0.39 is 12.0 Å². The van der Waals surface area contributed by atoms with Crippen molar-refractivity contribution >= 4 is 23.7 Å². The Balaban J connectivity index is 1.75. The van der Waals surface area contributed by atoms with Crippen molar-refractivity contribution in [3.8, 4) is 11.5 Å². The molecule has 2 aromatic carbocycles. The summed E-state index contributed by atoms with van der Waals surface area (Å²) in [6.45, 7) is 9.94. The maximum Gasteiger partial charge on any atom is 0.250 e. The first kappa shape index (κ1) is 27.2. The van der Waals surface area contributed by atoms with Crippen LogP contribution < -0.4 is 11.1 Å². The van der Waals surface area contributed by atoms with E-state index in [0.717, 1.165) is 10.5 Å². The molecule has 3 rings (SSSR count). The molecular formula is C26H30F2N6OS. The lowest BCUT2D eigenvalue weighted by molar-refractivity contribution is 0.344. The number of rotatable bonds is 12. The van der Waals surface area contributed by atoms with E-state index in [4.69, 9.17) is 10.2 Å². The molecule has 0 bridgehead atoms. The zero-order valence-electron chi connectivity index (χ0n) is 20.5. The molecule has 190 valence electrons. The van der Waals surface area contributed by atoms with Gasteiger partial charge >= 0.3 is 0 Å². The van der Waals surface area contributed by atoms with Gasteiger partial charge in [-0.15, -0.1) is 22.0 Å². The van der Waals surface area contributed by atoms with Gasteiger partial charge in [-0.1, -0.05) is 38.6 Å². The van der Waals surface area contributed by atoms with E-state index in [1.165, 1.54) is 19.2 Å². The van der Waals surface area contributed by atoms with Gasteiger partial charge < -0.3 is 15.5 Å². The highest BCUT2D eigenvalue weighted by Gasteiger charge is 2.14. The van der Waals surface area contributed by atoms with Gasteiger partial charge in [0.1, 0.15) is 24.4 Å². The van der Waals surface area contributed by atoms with E-state index in [9.17, 15) is 8.78 Å². The van der Waals surface area contributed by atoms with Gasteiger partial charge in [-0.25, -0.2) is 13.8 Å². The molecule has 1 aromatic heterocycles. The lowest BCUT2D eigenvalue weighted by atomic mass is 10.1. The second kappa shape index (κ2) is 13.1. The smallest absolute Gasteiger partial charge is 0.250 e. The van der Waals surface area contributed by atoms with Gasteiger partial charge in [0.05, 0.1) is 17.5 Å². The highest BCUT2D eigenvalue weighted by atomic mass is 32.2. The molecule has 0 aliphatic rings. The molecule has 0 fully saturated rings. The van der Waals surface area contributed by atoms with Crippen LogP contribution in [0.4, 0.5) is 8.78 Å². The number of thioether (sulfide) groups is 1. The van der Waals surface area contributed by atoms with Gasteiger partial charge in [0.2, 0.25) is 5.89 Å². The molecule has 1 atom stereocenters. The Hall–Kier alpha value is -3.37. The number of aromatic nitrogens is 2. The van der Waals surface area contributed by atoms with Crippen LogP contribution in [0.5, 0.6) is 0 Å². The molecule has 3 N–H and O–H groups in total. The van der Waals surface area contributed by atoms with Crippen molar-refractivity contribution in [1.29, 1.82) is 0 Å². The molecule has 0 saturated carbocycles. The maximum absolute atomic E-state index is 14.7. The van der Waals surface area contributed by atoms with Gasteiger partial charge in [-0.3, -0.25) is 4.99 Å². The SMILES string of the molecule is C=C(N)/N=C\C(=N/Cc1nnc(-c2ccc(CNCC(C)F)cc2F)o1)c1ccc(SC(C)C)cc1. The highest BCUT2D eigenvalue weighted by Crippen LogP contribution is 2.24. The number of benzene rings is 2. The second-order valence-electron chi connectivity index (χ2n) is 8.37. The van der Waals surface area contributed by atoms with Gasteiger partial charge in [-0.05, 0) is 36.8 Å².